The van der Waals surface area contributed by atoms with E-state index in [2.05, 4.69) is 5.32 Å². The Balaban J connectivity index is 0.000000640. The summed E-state index contributed by atoms with van der Waals surface area (Å²) in [7, 11) is 0. The van der Waals surface area contributed by atoms with E-state index in [4.69, 9.17) is 0 Å². The molecule has 0 aromatic heterocycles. The van der Waals surface area contributed by atoms with Gasteiger partial charge in [-0.15, -0.1) is 12.4 Å². The van der Waals surface area contributed by atoms with Crippen LogP contribution in [0.4, 0.5) is 4.39 Å². The fourth-order valence-corrected chi connectivity index (χ4v) is 0.825. The summed E-state index contributed by atoms with van der Waals surface area (Å²) in [6.07, 6.45) is 0.286. The molecule has 1 N–H and O–H groups in total. The van der Waals surface area contributed by atoms with Gasteiger partial charge >= 0.3 is 0 Å². The number of hydrogen-bond acceptors (Lipinski definition) is 2. The third-order valence-corrected chi connectivity index (χ3v) is 1.28. The smallest absolute Gasteiger partial charge is 0.137 e. The first-order chi connectivity index (χ1) is 3.83. The molecule has 1 aliphatic heterocycles. The summed E-state index contributed by atoms with van der Waals surface area (Å²) in [4.78, 5) is 9.92. The summed E-state index contributed by atoms with van der Waals surface area (Å²) in [6, 6.07) is -0.231. The summed E-state index contributed by atoms with van der Waals surface area (Å²) < 4.78 is 12.1. The van der Waals surface area contributed by atoms with Crippen molar-refractivity contribution >= 4 is 18.7 Å². The Labute approximate surface area is 59.2 Å². The zero-order chi connectivity index (χ0) is 5.98. The molecule has 9 heavy (non-hydrogen) atoms. The molecule has 1 heterocycles. The van der Waals surface area contributed by atoms with Crippen molar-refractivity contribution in [2.45, 2.75) is 18.6 Å². The Morgan fingerprint density at radius 1 is 1.67 bits per heavy atom. The predicted molar refractivity (Wildman–Crippen MR) is 34.6 cm³/mol. The Morgan fingerprint density at radius 2 is 2.33 bits per heavy atom. The molecule has 0 amide bonds. The van der Waals surface area contributed by atoms with E-state index < -0.39 is 6.17 Å². The maximum absolute atomic E-state index is 12.1. The van der Waals surface area contributed by atoms with Gasteiger partial charge in [0.1, 0.15) is 12.5 Å². The third-order valence-electron chi connectivity index (χ3n) is 1.28. The Morgan fingerprint density at radius 3 is 2.56 bits per heavy atom. The summed E-state index contributed by atoms with van der Waals surface area (Å²) in [5.74, 6) is 0. The van der Waals surface area contributed by atoms with Gasteiger partial charge < -0.3 is 10.1 Å². The van der Waals surface area contributed by atoms with Crippen LogP contribution in [0.3, 0.4) is 0 Å². The Bertz CT molecular complexity index is 101. The van der Waals surface area contributed by atoms with Gasteiger partial charge in [-0.3, -0.25) is 0 Å². The van der Waals surface area contributed by atoms with Crippen LogP contribution in [0.2, 0.25) is 0 Å². The van der Waals surface area contributed by atoms with E-state index >= 15 is 0 Å². The number of carbonyl (C=O) groups excluding carboxylic acids is 1. The fraction of sp³-hybridized carbons (Fsp3) is 0.800. The van der Waals surface area contributed by atoms with Crippen LogP contribution < -0.4 is 5.32 Å². The fourth-order valence-electron chi connectivity index (χ4n) is 0.825. The van der Waals surface area contributed by atoms with Crippen molar-refractivity contribution in [3.8, 4) is 0 Å². The van der Waals surface area contributed by atoms with Gasteiger partial charge in [0.05, 0.1) is 6.04 Å². The summed E-state index contributed by atoms with van der Waals surface area (Å²) in [6.45, 7) is 0.337. The van der Waals surface area contributed by atoms with Gasteiger partial charge in [0, 0.05) is 13.0 Å². The Kier molecular flexibility index (Phi) is 3.73. The average molecular weight is 154 g/mol. The number of rotatable bonds is 1. The van der Waals surface area contributed by atoms with Crippen molar-refractivity contribution < 1.29 is 9.18 Å². The first-order valence-electron chi connectivity index (χ1n) is 2.65. The molecule has 0 aromatic rings. The lowest BCUT2D eigenvalue weighted by atomic mass is 10.2. The SMILES string of the molecule is Cl.O=C[C@@H]1CC(F)CN1. The van der Waals surface area contributed by atoms with E-state index in [0.29, 0.717) is 13.0 Å². The molecule has 0 radical (unpaired) electrons. The van der Waals surface area contributed by atoms with Crippen molar-refractivity contribution in [1.82, 2.24) is 5.32 Å². The first-order valence-corrected chi connectivity index (χ1v) is 2.65. The van der Waals surface area contributed by atoms with Gasteiger partial charge in [-0.25, -0.2) is 4.39 Å². The van der Waals surface area contributed by atoms with Crippen LogP contribution in [-0.2, 0) is 4.79 Å². The molecule has 1 fully saturated rings. The van der Waals surface area contributed by atoms with Gasteiger partial charge in [0.25, 0.3) is 0 Å². The highest BCUT2D eigenvalue weighted by Crippen LogP contribution is 2.06. The summed E-state index contributed by atoms with van der Waals surface area (Å²) in [5.41, 5.74) is 0. The van der Waals surface area contributed by atoms with Crippen LogP contribution >= 0.6 is 12.4 Å². The molecular formula is C5H9ClFNO. The molecule has 2 atom stereocenters. The van der Waals surface area contributed by atoms with Crippen LogP contribution in [0.15, 0.2) is 0 Å². The second-order valence-corrected chi connectivity index (χ2v) is 1.98. The lowest BCUT2D eigenvalue weighted by Crippen LogP contribution is -2.22. The molecule has 54 valence electrons. The van der Waals surface area contributed by atoms with Gasteiger partial charge in [-0.2, -0.15) is 0 Å². The molecule has 4 heteroatoms. The van der Waals surface area contributed by atoms with Crippen molar-refractivity contribution in [2.24, 2.45) is 0 Å². The van der Waals surface area contributed by atoms with Crippen molar-refractivity contribution in [2.75, 3.05) is 6.54 Å². The minimum absolute atomic E-state index is 0. The summed E-state index contributed by atoms with van der Waals surface area (Å²) >= 11 is 0. The van der Waals surface area contributed by atoms with E-state index in [0.717, 1.165) is 6.29 Å². The normalized spacial score (nSPS) is 33.4. The molecule has 0 spiro atoms. The molecule has 1 rings (SSSR count). The van der Waals surface area contributed by atoms with E-state index in [1.54, 1.807) is 0 Å². The van der Waals surface area contributed by atoms with Crippen LogP contribution in [0.1, 0.15) is 6.42 Å². The molecule has 0 aromatic carbocycles. The van der Waals surface area contributed by atoms with Crippen LogP contribution in [0, 0.1) is 0 Å². The molecule has 0 saturated carbocycles. The topological polar surface area (TPSA) is 29.1 Å². The van der Waals surface area contributed by atoms with Crippen LogP contribution in [0.5, 0.6) is 0 Å². The zero-order valence-corrected chi connectivity index (χ0v) is 5.66. The number of halogens is 2. The van der Waals surface area contributed by atoms with Gasteiger partial charge in [0.15, 0.2) is 0 Å². The average Bonchev–Trinajstić information content (AvgIpc) is 2.14. The lowest BCUT2D eigenvalue weighted by molar-refractivity contribution is -0.109. The standard InChI is InChI=1S/C5H8FNO.ClH/c6-4-1-5(3-8)7-2-4;/h3-5,7H,1-2H2;1H/t4?,5-;/m0./s1. The number of alkyl halides is 1. The largest absolute Gasteiger partial charge is 0.305 e. The minimum atomic E-state index is -0.815. The first kappa shape index (κ1) is 8.85. The second-order valence-electron chi connectivity index (χ2n) is 1.98. The third kappa shape index (κ3) is 2.28. The highest BCUT2D eigenvalue weighted by molar-refractivity contribution is 5.85. The predicted octanol–water partition coefficient (Wildman–Crippen LogP) is 0.307. The molecule has 2 nitrogen and oxygen atoms in total. The van der Waals surface area contributed by atoms with Crippen molar-refractivity contribution in [3.63, 3.8) is 0 Å². The monoisotopic (exact) mass is 153 g/mol. The number of hydrogen-bond donors (Lipinski definition) is 1. The van der Waals surface area contributed by atoms with E-state index in [1.165, 1.54) is 0 Å². The molecule has 1 saturated heterocycles. The van der Waals surface area contributed by atoms with E-state index in [9.17, 15) is 9.18 Å². The molecule has 1 unspecified atom stereocenters. The number of aldehydes is 1. The quantitative estimate of drug-likeness (QED) is 0.550. The van der Waals surface area contributed by atoms with Gasteiger partial charge in [-0.1, -0.05) is 0 Å². The van der Waals surface area contributed by atoms with Crippen molar-refractivity contribution in [3.05, 3.63) is 0 Å². The maximum Gasteiger partial charge on any atom is 0.137 e. The van der Waals surface area contributed by atoms with Crippen LogP contribution in [0.25, 0.3) is 0 Å². The highest BCUT2D eigenvalue weighted by Gasteiger charge is 2.21. The maximum atomic E-state index is 12.1. The zero-order valence-electron chi connectivity index (χ0n) is 4.84. The van der Waals surface area contributed by atoms with Crippen LogP contribution in [-0.4, -0.2) is 25.0 Å². The Hall–Kier alpha value is -0.150. The minimum Gasteiger partial charge on any atom is -0.305 e. The second kappa shape index (κ2) is 3.80. The number of nitrogens with one attached hydrogen (secondary N) is 1. The molecular weight excluding hydrogens is 145 g/mol. The molecule has 1 aliphatic rings. The molecule has 0 aliphatic carbocycles. The number of carbonyl (C=O) groups is 1. The van der Waals surface area contributed by atoms with E-state index in [1.807, 2.05) is 0 Å². The summed E-state index contributed by atoms with van der Waals surface area (Å²) in [5, 5.41) is 2.71. The van der Waals surface area contributed by atoms with Gasteiger partial charge in [0.2, 0.25) is 0 Å². The van der Waals surface area contributed by atoms with Crippen molar-refractivity contribution in [1.29, 1.82) is 0 Å². The van der Waals surface area contributed by atoms with E-state index in [-0.39, 0.29) is 18.4 Å². The lowest BCUT2D eigenvalue weighted by Gasteiger charge is -1.93. The van der Waals surface area contributed by atoms with Gasteiger partial charge in [-0.05, 0) is 0 Å². The molecule has 0 bridgehead atoms. The highest BCUT2D eigenvalue weighted by atomic mass is 35.5.